The number of esters is 1. The molecule has 1 aliphatic heterocycles. The Morgan fingerprint density at radius 2 is 2.33 bits per heavy atom. The van der Waals surface area contributed by atoms with Crippen molar-refractivity contribution in [3.05, 3.63) is 23.9 Å². The maximum Gasteiger partial charge on any atom is 0.339 e. The average Bonchev–Trinajstić information content (AvgIpc) is 2.23. The summed E-state index contributed by atoms with van der Waals surface area (Å²) >= 11 is 0. The van der Waals surface area contributed by atoms with E-state index in [1.165, 1.54) is 13.3 Å². The van der Waals surface area contributed by atoms with E-state index in [-0.39, 0.29) is 6.10 Å². The predicted octanol–water partition coefficient (Wildman–Crippen LogP) is 0.646. The van der Waals surface area contributed by atoms with Gasteiger partial charge in [0.25, 0.3) is 0 Å². The summed E-state index contributed by atoms with van der Waals surface area (Å²) in [5.74, 6) is 0.0944. The molecule has 80 valence electrons. The average molecular weight is 209 g/mol. The number of nitrogens with zero attached hydrogens (tertiary/aromatic N) is 1. The van der Waals surface area contributed by atoms with E-state index in [4.69, 9.17) is 9.47 Å². The number of hydrogen-bond acceptors (Lipinski definition) is 5. The predicted molar refractivity (Wildman–Crippen MR) is 50.8 cm³/mol. The van der Waals surface area contributed by atoms with Gasteiger partial charge in [0, 0.05) is 12.3 Å². The zero-order valence-electron chi connectivity index (χ0n) is 8.30. The third-order valence-corrected chi connectivity index (χ3v) is 2.05. The van der Waals surface area contributed by atoms with Crippen molar-refractivity contribution >= 4 is 5.97 Å². The number of ether oxygens (including phenoxy) is 3. The molecule has 15 heavy (non-hydrogen) atoms. The fourth-order valence-electron chi connectivity index (χ4n) is 1.14. The van der Waals surface area contributed by atoms with Crippen LogP contribution in [-0.2, 0) is 9.47 Å². The molecule has 0 unspecified atom stereocenters. The minimum Gasteiger partial charge on any atom is -0.469 e. The Kier molecular flexibility index (Phi) is 2.82. The van der Waals surface area contributed by atoms with E-state index < -0.39 is 5.97 Å². The Bertz CT molecular complexity index is 345. The molecule has 2 rings (SSSR count). The summed E-state index contributed by atoms with van der Waals surface area (Å²) in [5.41, 5.74) is 0.412. The van der Waals surface area contributed by atoms with Gasteiger partial charge in [-0.1, -0.05) is 0 Å². The van der Waals surface area contributed by atoms with Crippen LogP contribution < -0.4 is 4.74 Å². The van der Waals surface area contributed by atoms with Crippen molar-refractivity contribution < 1.29 is 19.0 Å². The molecule has 0 aliphatic carbocycles. The fourth-order valence-corrected chi connectivity index (χ4v) is 1.14. The zero-order chi connectivity index (χ0) is 10.7. The van der Waals surface area contributed by atoms with Gasteiger partial charge in [-0.3, -0.25) is 0 Å². The molecule has 0 radical (unpaired) electrons. The van der Waals surface area contributed by atoms with E-state index in [1.807, 2.05) is 0 Å². The molecule has 5 nitrogen and oxygen atoms in total. The molecule has 0 aromatic carbocycles. The summed E-state index contributed by atoms with van der Waals surface area (Å²) in [6.07, 6.45) is 1.52. The van der Waals surface area contributed by atoms with Gasteiger partial charge >= 0.3 is 5.97 Å². The molecule has 1 aromatic heterocycles. The molecule has 1 aliphatic rings. The van der Waals surface area contributed by atoms with E-state index in [2.05, 4.69) is 9.72 Å². The Balaban J connectivity index is 1.99. The van der Waals surface area contributed by atoms with Gasteiger partial charge in [0.15, 0.2) is 0 Å². The van der Waals surface area contributed by atoms with E-state index >= 15 is 0 Å². The number of pyridine rings is 1. The summed E-state index contributed by atoms with van der Waals surface area (Å²) in [4.78, 5) is 15.1. The molecule has 1 fully saturated rings. The van der Waals surface area contributed by atoms with Gasteiger partial charge in [0.2, 0.25) is 5.88 Å². The molecule has 0 spiro atoms. The number of carbonyl (C=O) groups excluding carboxylic acids is 1. The van der Waals surface area contributed by atoms with Crippen LogP contribution in [0.15, 0.2) is 18.3 Å². The van der Waals surface area contributed by atoms with Gasteiger partial charge in [0.05, 0.1) is 25.9 Å². The Morgan fingerprint density at radius 3 is 2.80 bits per heavy atom. The summed E-state index contributed by atoms with van der Waals surface area (Å²) < 4.78 is 14.9. The van der Waals surface area contributed by atoms with Gasteiger partial charge in [-0.2, -0.15) is 0 Å². The number of hydrogen-bond donors (Lipinski definition) is 0. The van der Waals surface area contributed by atoms with E-state index in [0.29, 0.717) is 24.7 Å². The van der Waals surface area contributed by atoms with Crippen molar-refractivity contribution in [3.63, 3.8) is 0 Å². The first-order valence-corrected chi connectivity index (χ1v) is 4.58. The van der Waals surface area contributed by atoms with E-state index in [0.717, 1.165) is 0 Å². The van der Waals surface area contributed by atoms with Crippen molar-refractivity contribution in [2.45, 2.75) is 6.10 Å². The Morgan fingerprint density at radius 1 is 1.53 bits per heavy atom. The standard InChI is InChI=1S/C10H11NO4/c1-13-10(12)7-2-3-9(11-4-7)15-8-5-14-6-8/h2-4,8H,5-6H2,1H3. The van der Waals surface area contributed by atoms with Gasteiger partial charge < -0.3 is 14.2 Å². The van der Waals surface area contributed by atoms with Gasteiger partial charge in [-0.05, 0) is 6.07 Å². The van der Waals surface area contributed by atoms with E-state index in [1.54, 1.807) is 12.1 Å². The highest BCUT2D eigenvalue weighted by Crippen LogP contribution is 2.13. The van der Waals surface area contributed by atoms with Gasteiger partial charge in [-0.25, -0.2) is 9.78 Å². The second-order valence-corrected chi connectivity index (χ2v) is 3.15. The maximum atomic E-state index is 11.1. The van der Waals surface area contributed by atoms with Crippen LogP contribution in [0.1, 0.15) is 10.4 Å². The maximum absolute atomic E-state index is 11.1. The smallest absolute Gasteiger partial charge is 0.339 e. The number of methoxy groups -OCH3 is 1. The highest BCUT2D eigenvalue weighted by molar-refractivity contribution is 5.88. The molecular weight excluding hydrogens is 198 g/mol. The van der Waals surface area contributed by atoms with Crippen LogP contribution in [-0.4, -0.2) is 37.4 Å². The summed E-state index contributed by atoms with van der Waals surface area (Å²) in [6, 6.07) is 3.26. The lowest BCUT2D eigenvalue weighted by Gasteiger charge is -2.25. The molecular formula is C10H11NO4. The third kappa shape index (κ3) is 2.24. The molecule has 2 heterocycles. The van der Waals surface area contributed by atoms with Crippen molar-refractivity contribution in [3.8, 4) is 5.88 Å². The van der Waals surface area contributed by atoms with Crippen molar-refractivity contribution in [1.82, 2.24) is 4.98 Å². The van der Waals surface area contributed by atoms with Crippen LogP contribution in [0.3, 0.4) is 0 Å². The highest BCUT2D eigenvalue weighted by Gasteiger charge is 2.20. The summed E-state index contributed by atoms with van der Waals surface area (Å²) in [7, 11) is 1.33. The molecule has 0 N–H and O–H groups in total. The first-order chi connectivity index (χ1) is 7.29. The topological polar surface area (TPSA) is 57.7 Å². The molecule has 0 amide bonds. The minimum absolute atomic E-state index is 0.0847. The highest BCUT2D eigenvalue weighted by atomic mass is 16.6. The molecule has 0 atom stereocenters. The zero-order valence-corrected chi connectivity index (χ0v) is 8.30. The second kappa shape index (κ2) is 4.27. The van der Waals surface area contributed by atoms with Crippen molar-refractivity contribution in [1.29, 1.82) is 0 Å². The lowest BCUT2D eigenvalue weighted by atomic mass is 10.3. The largest absolute Gasteiger partial charge is 0.469 e. The number of carbonyl (C=O) groups is 1. The SMILES string of the molecule is COC(=O)c1ccc(OC2COC2)nc1. The van der Waals surface area contributed by atoms with Crippen LogP contribution in [0.5, 0.6) is 5.88 Å². The first-order valence-electron chi connectivity index (χ1n) is 4.58. The first kappa shape index (κ1) is 9.92. The number of aromatic nitrogens is 1. The number of rotatable bonds is 3. The third-order valence-electron chi connectivity index (χ3n) is 2.05. The quantitative estimate of drug-likeness (QED) is 0.684. The molecule has 5 heteroatoms. The molecule has 1 saturated heterocycles. The minimum atomic E-state index is -0.402. The van der Waals surface area contributed by atoms with Crippen molar-refractivity contribution in [2.24, 2.45) is 0 Å². The lowest BCUT2D eigenvalue weighted by Crippen LogP contribution is -2.38. The normalized spacial score (nSPS) is 15.5. The van der Waals surface area contributed by atoms with E-state index in [9.17, 15) is 4.79 Å². The summed E-state index contributed by atoms with van der Waals surface area (Å²) in [5, 5.41) is 0. The summed E-state index contributed by atoms with van der Waals surface area (Å²) in [6.45, 7) is 1.20. The van der Waals surface area contributed by atoms with Crippen molar-refractivity contribution in [2.75, 3.05) is 20.3 Å². The monoisotopic (exact) mass is 209 g/mol. The van der Waals surface area contributed by atoms with Gasteiger partial charge in [-0.15, -0.1) is 0 Å². The fraction of sp³-hybridized carbons (Fsp3) is 0.400. The molecule has 0 bridgehead atoms. The second-order valence-electron chi connectivity index (χ2n) is 3.15. The molecule has 0 saturated carbocycles. The van der Waals surface area contributed by atoms with Gasteiger partial charge in [0.1, 0.15) is 6.10 Å². The van der Waals surface area contributed by atoms with Crippen LogP contribution in [0.4, 0.5) is 0 Å². The lowest BCUT2D eigenvalue weighted by molar-refractivity contribution is -0.0813. The van der Waals surface area contributed by atoms with Crippen LogP contribution in [0.25, 0.3) is 0 Å². The Hall–Kier alpha value is -1.62. The van der Waals surface area contributed by atoms with Crippen LogP contribution in [0, 0.1) is 0 Å². The Labute approximate surface area is 87.0 Å². The molecule has 1 aromatic rings. The van der Waals surface area contributed by atoms with Crippen LogP contribution >= 0.6 is 0 Å². The van der Waals surface area contributed by atoms with Crippen LogP contribution in [0.2, 0.25) is 0 Å².